The molecule has 1 heterocycles. The fourth-order valence-electron chi connectivity index (χ4n) is 2.14. The number of hydrogen-bond acceptors (Lipinski definition) is 2. The number of benzene rings is 2. The lowest BCUT2D eigenvalue weighted by Gasteiger charge is -2.08. The molecule has 2 nitrogen and oxygen atoms in total. The first kappa shape index (κ1) is 11.8. The molecule has 1 aromatic heterocycles. The summed E-state index contributed by atoms with van der Waals surface area (Å²) in [6.07, 6.45) is 0. The van der Waals surface area contributed by atoms with Gasteiger partial charge in [-0.25, -0.2) is 4.98 Å². The third-order valence-corrected chi connectivity index (χ3v) is 3.27. The van der Waals surface area contributed by atoms with Crippen LogP contribution < -0.4 is 5.73 Å². The zero-order valence-electron chi connectivity index (χ0n) is 10.2. The normalized spacial score (nSPS) is 10.5. The number of hydrogen-bond donors (Lipinski definition) is 1. The highest BCUT2D eigenvalue weighted by Crippen LogP contribution is 2.24. The molecule has 0 spiro atoms. The van der Waals surface area contributed by atoms with Gasteiger partial charge in [0.25, 0.3) is 0 Å². The van der Waals surface area contributed by atoms with Crippen LogP contribution in [0.2, 0.25) is 0 Å². The molecule has 0 fully saturated rings. The summed E-state index contributed by atoms with van der Waals surface area (Å²) in [4.78, 5) is 5.07. The van der Waals surface area contributed by atoms with E-state index in [1.165, 1.54) is 0 Å². The van der Waals surface area contributed by atoms with Gasteiger partial charge in [0, 0.05) is 16.5 Å². The van der Waals surface area contributed by atoms with Crippen molar-refractivity contribution in [3.63, 3.8) is 0 Å². The van der Waals surface area contributed by atoms with Crippen molar-refractivity contribution in [2.75, 3.05) is 0 Å². The maximum absolute atomic E-state index is 5.83. The Morgan fingerprint density at radius 2 is 1.63 bits per heavy atom. The SMILES string of the molecule is NC(=S)c1cc(-c2ccccc2)nc2ccccc12. The molecule has 0 saturated carbocycles. The molecule has 0 amide bonds. The lowest BCUT2D eigenvalue weighted by atomic mass is 10.0. The van der Waals surface area contributed by atoms with Gasteiger partial charge in [0.1, 0.15) is 4.99 Å². The maximum Gasteiger partial charge on any atom is 0.104 e. The van der Waals surface area contributed by atoms with Gasteiger partial charge >= 0.3 is 0 Å². The molecule has 0 saturated heterocycles. The smallest absolute Gasteiger partial charge is 0.104 e. The van der Waals surface area contributed by atoms with Gasteiger partial charge in [0.2, 0.25) is 0 Å². The first-order valence-corrected chi connectivity index (χ1v) is 6.41. The summed E-state index contributed by atoms with van der Waals surface area (Å²) in [5, 5.41) is 0.995. The molecule has 0 unspecified atom stereocenters. The summed E-state index contributed by atoms with van der Waals surface area (Å²) in [7, 11) is 0. The molecule has 0 atom stereocenters. The van der Waals surface area contributed by atoms with E-state index in [9.17, 15) is 0 Å². The van der Waals surface area contributed by atoms with E-state index < -0.39 is 0 Å². The number of para-hydroxylation sites is 1. The molecule has 0 aliphatic carbocycles. The largest absolute Gasteiger partial charge is 0.389 e. The van der Waals surface area contributed by atoms with Crippen LogP contribution in [0.4, 0.5) is 0 Å². The van der Waals surface area contributed by atoms with Crippen molar-refractivity contribution < 1.29 is 0 Å². The van der Waals surface area contributed by atoms with Crippen molar-refractivity contribution >= 4 is 28.1 Å². The second-order valence-corrected chi connectivity index (χ2v) is 4.74. The van der Waals surface area contributed by atoms with E-state index in [2.05, 4.69) is 4.98 Å². The molecule has 2 N–H and O–H groups in total. The highest BCUT2D eigenvalue weighted by Gasteiger charge is 2.08. The summed E-state index contributed by atoms with van der Waals surface area (Å²) in [6, 6.07) is 19.9. The summed E-state index contributed by atoms with van der Waals surface area (Å²) in [5.41, 5.74) is 9.57. The molecule has 19 heavy (non-hydrogen) atoms. The first-order chi connectivity index (χ1) is 9.25. The Labute approximate surface area is 116 Å². The summed E-state index contributed by atoms with van der Waals surface area (Å²) in [5.74, 6) is 0. The van der Waals surface area contributed by atoms with E-state index >= 15 is 0 Å². The standard InChI is InChI=1S/C16H12N2S/c17-16(19)13-10-15(11-6-2-1-3-7-11)18-14-9-5-4-8-12(13)14/h1-10H,(H2,17,19). The van der Waals surface area contributed by atoms with Gasteiger partial charge in [-0.2, -0.15) is 0 Å². The van der Waals surface area contributed by atoms with Gasteiger partial charge in [-0.1, -0.05) is 60.7 Å². The minimum Gasteiger partial charge on any atom is -0.389 e. The van der Waals surface area contributed by atoms with Crippen LogP contribution in [0.5, 0.6) is 0 Å². The van der Waals surface area contributed by atoms with Crippen LogP contribution in [-0.2, 0) is 0 Å². The van der Waals surface area contributed by atoms with E-state index in [4.69, 9.17) is 18.0 Å². The highest BCUT2D eigenvalue weighted by molar-refractivity contribution is 7.80. The van der Waals surface area contributed by atoms with E-state index in [1.807, 2.05) is 60.7 Å². The minimum atomic E-state index is 0.399. The number of nitrogens with zero attached hydrogens (tertiary/aromatic N) is 1. The summed E-state index contributed by atoms with van der Waals surface area (Å²) >= 11 is 5.15. The van der Waals surface area contributed by atoms with Crippen LogP contribution in [0.3, 0.4) is 0 Å². The average Bonchev–Trinajstić information content (AvgIpc) is 2.47. The number of fused-ring (bicyclic) bond motifs is 1. The van der Waals surface area contributed by atoms with Gasteiger partial charge < -0.3 is 5.73 Å². The van der Waals surface area contributed by atoms with E-state index in [0.29, 0.717) is 4.99 Å². The third kappa shape index (κ3) is 2.20. The van der Waals surface area contributed by atoms with Gasteiger partial charge in [-0.05, 0) is 12.1 Å². The second kappa shape index (κ2) is 4.78. The van der Waals surface area contributed by atoms with Gasteiger partial charge in [0.15, 0.2) is 0 Å². The van der Waals surface area contributed by atoms with Crippen LogP contribution in [0.1, 0.15) is 5.56 Å². The molecule has 3 aromatic rings. The molecule has 0 bridgehead atoms. The van der Waals surface area contributed by atoms with Gasteiger partial charge in [0.05, 0.1) is 11.2 Å². The molecule has 3 heteroatoms. The molecular weight excluding hydrogens is 252 g/mol. The first-order valence-electron chi connectivity index (χ1n) is 6.01. The van der Waals surface area contributed by atoms with Crippen LogP contribution in [0.15, 0.2) is 60.7 Å². The van der Waals surface area contributed by atoms with E-state index in [1.54, 1.807) is 0 Å². The number of thiocarbonyl (C=S) groups is 1. The molecular formula is C16H12N2S. The third-order valence-electron chi connectivity index (χ3n) is 3.05. The van der Waals surface area contributed by atoms with Crippen molar-refractivity contribution in [1.82, 2.24) is 4.98 Å². The van der Waals surface area contributed by atoms with E-state index in [0.717, 1.165) is 27.7 Å². The van der Waals surface area contributed by atoms with Crippen LogP contribution >= 0.6 is 12.2 Å². The monoisotopic (exact) mass is 264 g/mol. The molecule has 0 aliphatic heterocycles. The lowest BCUT2D eigenvalue weighted by Crippen LogP contribution is -2.10. The molecule has 0 aliphatic rings. The summed E-state index contributed by atoms with van der Waals surface area (Å²) < 4.78 is 0. The van der Waals surface area contributed by atoms with Gasteiger partial charge in [-0.3, -0.25) is 0 Å². The van der Waals surface area contributed by atoms with Crippen molar-refractivity contribution in [2.24, 2.45) is 5.73 Å². The summed E-state index contributed by atoms with van der Waals surface area (Å²) in [6.45, 7) is 0. The van der Waals surface area contributed by atoms with Crippen molar-refractivity contribution in [3.8, 4) is 11.3 Å². The van der Waals surface area contributed by atoms with Crippen LogP contribution in [0, 0.1) is 0 Å². The molecule has 0 radical (unpaired) electrons. The van der Waals surface area contributed by atoms with Gasteiger partial charge in [-0.15, -0.1) is 0 Å². The topological polar surface area (TPSA) is 38.9 Å². The Hall–Kier alpha value is -2.26. The zero-order chi connectivity index (χ0) is 13.2. The average molecular weight is 264 g/mol. The quantitative estimate of drug-likeness (QED) is 0.720. The second-order valence-electron chi connectivity index (χ2n) is 4.30. The predicted molar refractivity (Wildman–Crippen MR) is 83.1 cm³/mol. The zero-order valence-corrected chi connectivity index (χ0v) is 11.0. The Morgan fingerprint density at radius 1 is 0.947 bits per heavy atom. The Balaban J connectivity index is 2.31. The van der Waals surface area contributed by atoms with Crippen molar-refractivity contribution in [3.05, 3.63) is 66.2 Å². The number of rotatable bonds is 2. The number of nitrogens with two attached hydrogens (primary N) is 1. The maximum atomic E-state index is 5.83. The molecule has 2 aromatic carbocycles. The Morgan fingerprint density at radius 3 is 2.37 bits per heavy atom. The van der Waals surface area contributed by atoms with Crippen LogP contribution in [0.25, 0.3) is 22.2 Å². The minimum absolute atomic E-state index is 0.399. The fraction of sp³-hybridized carbons (Fsp3) is 0. The van der Waals surface area contributed by atoms with Crippen molar-refractivity contribution in [1.29, 1.82) is 0 Å². The number of pyridine rings is 1. The van der Waals surface area contributed by atoms with E-state index in [-0.39, 0.29) is 0 Å². The highest BCUT2D eigenvalue weighted by atomic mass is 32.1. The molecule has 3 rings (SSSR count). The lowest BCUT2D eigenvalue weighted by molar-refractivity contribution is 1.39. The van der Waals surface area contributed by atoms with Crippen molar-refractivity contribution in [2.45, 2.75) is 0 Å². The fourth-order valence-corrected chi connectivity index (χ4v) is 2.30. The molecule has 92 valence electrons. The van der Waals surface area contributed by atoms with Crippen LogP contribution in [-0.4, -0.2) is 9.97 Å². The predicted octanol–water partition coefficient (Wildman–Crippen LogP) is 3.54. The Bertz CT molecular complexity index is 751. The Kier molecular flexibility index (Phi) is 2.97. The number of aromatic nitrogens is 1.